The van der Waals surface area contributed by atoms with E-state index in [4.69, 9.17) is 15.2 Å². The normalized spacial score (nSPS) is 15.3. The van der Waals surface area contributed by atoms with Gasteiger partial charge in [0.15, 0.2) is 5.75 Å². The van der Waals surface area contributed by atoms with Gasteiger partial charge in [0.05, 0.1) is 6.54 Å². The molecule has 0 saturated carbocycles. The van der Waals surface area contributed by atoms with Gasteiger partial charge in [0, 0.05) is 17.3 Å². The molecular weight excluding hydrogens is 388 g/mol. The Hall–Kier alpha value is -4.14. The first kappa shape index (κ1) is 19.2. The minimum atomic E-state index is -0.876. The van der Waals surface area contributed by atoms with Crippen LogP contribution < -0.4 is 20.1 Å². The first-order chi connectivity index (χ1) is 14.5. The summed E-state index contributed by atoms with van der Waals surface area (Å²) in [6.45, 7) is 0.290. The number of rotatable bonds is 6. The molecular formula is C21H18N4O5. The van der Waals surface area contributed by atoms with Gasteiger partial charge in [-0.1, -0.05) is 30.3 Å². The van der Waals surface area contributed by atoms with Gasteiger partial charge < -0.3 is 25.3 Å². The van der Waals surface area contributed by atoms with Crippen molar-refractivity contribution in [2.75, 3.05) is 23.8 Å². The molecule has 2 aromatic carbocycles. The van der Waals surface area contributed by atoms with Gasteiger partial charge in [0.1, 0.15) is 12.4 Å². The number of nitro groups is 1. The van der Waals surface area contributed by atoms with Gasteiger partial charge >= 0.3 is 5.82 Å². The zero-order valence-corrected chi connectivity index (χ0v) is 15.8. The summed E-state index contributed by atoms with van der Waals surface area (Å²) >= 11 is 0. The zero-order valence-electron chi connectivity index (χ0n) is 15.8. The SMILES string of the molecule is Nc1ccc(OCCN2C(=O)C(c3ccccc3)Oc3ccc([N+](=O)[O-])nc32)cc1. The standard InChI is InChI=1S/C21H18N4O5/c22-15-6-8-16(9-7-15)29-13-12-24-20-17(10-11-18(23-20)25(27)28)30-19(21(24)26)14-4-2-1-3-5-14/h1-11,19H,12-13,22H2. The van der Waals surface area contributed by atoms with Crippen molar-refractivity contribution < 1.29 is 19.2 Å². The van der Waals surface area contributed by atoms with E-state index < -0.39 is 11.0 Å². The molecule has 9 nitrogen and oxygen atoms in total. The average Bonchev–Trinajstić information content (AvgIpc) is 2.76. The molecule has 0 fully saturated rings. The second kappa shape index (κ2) is 8.08. The predicted octanol–water partition coefficient (Wildman–Crippen LogP) is 3.12. The maximum atomic E-state index is 13.2. The summed E-state index contributed by atoms with van der Waals surface area (Å²) in [7, 11) is 0. The number of benzene rings is 2. The molecule has 152 valence electrons. The van der Waals surface area contributed by atoms with Crippen LogP contribution in [0.3, 0.4) is 0 Å². The summed E-state index contributed by atoms with van der Waals surface area (Å²) in [6.07, 6.45) is -0.876. The molecule has 1 aromatic heterocycles. The third-order valence-corrected chi connectivity index (χ3v) is 4.57. The number of nitrogens with zero attached hydrogens (tertiary/aromatic N) is 3. The highest BCUT2D eigenvalue weighted by molar-refractivity contribution is 5.99. The summed E-state index contributed by atoms with van der Waals surface area (Å²) in [5, 5.41) is 11.2. The van der Waals surface area contributed by atoms with Gasteiger partial charge in [-0.25, -0.2) is 0 Å². The monoisotopic (exact) mass is 406 g/mol. The maximum Gasteiger partial charge on any atom is 0.366 e. The number of carbonyl (C=O) groups excluding carboxylic acids is 1. The van der Waals surface area contributed by atoms with Crippen LogP contribution in [0.4, 0.5) is 17.3 Å². The van der Waals surface area contributed by atoms with Crippen molar-refractivity contribution in [2.45, 2.75) is 6.10 Å². The van der Waals surface area contributed by atoms with E-state index in [-0.39, 0.29) is 30.7 Å². The predicted molar refractivity (Wildman–Crippen MR) is 109 cm³/mol. The Morgan fingerprint density at radius 2 is 1.83 bits per heavy atom. The Balaban J connectivity index is 1.61. The number of carbonyl (C=O) groups is 1. The van der Waals surface area contributed by atoms with E-state index in [0.717, 1.165) is 0 Å². The lowest BCUT2D eigenvalue weighted by atomic mass is 10.1. The highest BCUT2D eigenvalue weighted by Crippen LogP contribution is 2.38. The summed E-state index contributed by atoms with van der Waals surface area (Å²) in [4.78, 5) is 29.1. The number of nitrogens with two attached hydrogens (primary N) is 1. The number of pyridine rings is 1. The molecule has 1 amide bonds. The van der Waals surface area contributed by atoms with E-state index >= 15 is 0 Å². The fourth-order valence-corrected chi connectivity index (χ4v) is 3.11. The molecule has 3 aromatic rings. The van der Waals surface area contributed by atoms with Crippen molar-refractivity contribution in [1.82, 2.24) is 4.98 Å². The fourth-order valence-electron chi connectivity index (χ4n) is 3.11. The van der Waals surface area contributed by atoms with Gasteiger partial charge in [-0.3, -0.25) is 9.69 Å². The smallest absolute Gasteiger partial charge is 0.366 e. The van der Waals surface area contributed by atoms with Crippen LogP contribution in [0.15, 0.2) is 66.7 Å². The van der Waals surface area contributed by atoms with E-state index in [1.165, 1.54) is 17.0 Å². The Bertz CT molecular complexity index is 1070. The lowest BCUT2D eigenvalue weighted by Gasteiger charge is -2.31. The van der Waals surface area contributed by atoms with Crippen LogP contribution in [-0.4, -0.2) is 29.0 Å². The first-order valence-electron chi connectivity index (χ1n) is 9.19. The molecule has 1 aliphatic rings. The summed E-state index contributed by atoms with van der Waals surface area (Å²) in [5.41, 5.74) is 6.96. The van der Waals surface area contributed by atoms with Gasteiger partial charge in [0.2, 0.25) is 6.10 Å². The Labute approximate surface area is 171 Å². The highest BCUT2D eigenvalue weighted by Gasteiger charge is 2.39. The van der Waals surface area contributed by atoms with E-state index in [1.54, 1.807) is 36.4 Å². The van der Waals surface area contributed by atoms with Crippen molar-refractivity contribution in [3.8, 4) is 11.5 Å². The number of hydrogen-bond acceptors (Lipinski definition) is 7. The summed E-state index contributed by atoms with van der Waals surface area (Å²) in [5.74, 6) is 0.246. The molecule has 2 heterocycles. The number of fused-ring (bicyclic) bond motifs is 1. The van der Waals surface area contributed by atoms with Gasteiger partial charge in [0.25, 0.3) is 11.7 Å². The quantitative estimate of drug-likeness (QED) is 0.379. The lowest BCUT2D eigenvalue weighted by molar-refractivity contribution is -0.389. The second-order valence-corrected chi connectivity index (χ2v) is 6.56. The molecule has 0 aliphatic carbocycles. The van der Waals surface area contributed by atoms with Crippen LogP contribution >= 0.6 is 0 Å². The van der Waals surface area contributed by atoms with E-state index in [0.29, 0.717) is 22.7 Å². The van der Waals surface area contributed by atoms with Crippen LogP contribution in [0.2, 0.25) is 0 Å². The number of hydrogen-bond donors (Lipinski definition) is 1. The van der Waals surface area contributed by atoms with Gasteiger partial charge in [-0.15, -0.1) is 0 Å². The van der Waals surface area contributed by atoms with Gasteiger partial charge in [-0.2, -0.15) is 0 Å². The number of amides is 1. The van der Waals surface area contributed by atoms with Gasteiger partial charge in [-0.05, 0) is 40.2 Å². The van der Waals surface area contributed by atoms with E-state index in [9.17, 15) is 14.9 Å². The molecule has 4 rings (SSSR count). The third kappa shape index (κ3) is 3.86. The molecule has 2 N–H and O–H groups in total. The van der Waals surface area contributed by atoms with Crippen LogP contribution in [-0.2, 0) is 4.79 Å². The fraction of sp³-hybridized carbons (Fsp3) is 0.143. The number of ether oxygens (including phenoxy) is 2. The summed E-state index contributed by atoms with van der Waals surface area (Å²) < 4.78 is 11.5. The van der Waals surface area contributed by atoms with E-state index in [2.05, 4.69) is 4.98 Å². The zero-order chi connectivity index (χ0) is 21.1. The van der Waals surface area contributed by atoms with Crippen molar-refractivity contribution in [3.05, 3.63) is 82.4 Å². The molecule has 1 unspecified atom stereocenters. The molecule has 30 heavy (non-hydrogen) atoms. The van der Waals surface area contributed by atoms with Crippen LogP contribution in [0.1, 0.15) is 11.7 Å². The Morgan fingerprint density at radius 1 is 1.10 bits per heavy atom. The Kier molecular flexibility index (Phi) is 5.17. The average molecular weight is 406 g/mol. The number of nitrogen functional groups attached to an aromatic ring is 1. The number of aromatic nitrogens is 1. The van der Waals surface area contributed by atoms with Crippen molar-refractivity contribution in [2.24, 2.45) is 0 Å². The van der Waals surface area contributed by atoms with Crippen LogP contribution in [0, 0.1) is 10.1 Å². The molecule has 1 atom stereocenters. The minimum Gasteiger partial charge on any atom is -0.492 e. The number of anilines is 2. The molecule has 9 heteroatoms. The van der Waals surface area contributed by atoms with Crippen molar-refractivity contribution in [3.63, 3.8) is 0 Å². The minimum absolute atomic E-state index is 0.0993. The Morgan fingerprint density at radius 3 is 2.53 bits per heavy atom. The summed E-state index contributed by atoms with van der Waals surface area (Å²) in [6, 6.07) is 18.6. The molecule has 1 aliphatic heterocycles. The van der Waals surface area contributed by atoms with Crippen LogP contribution in [0.25, 0.3) is 0 Å². The second-order valence-electron chi connectivity index (χ2n) is 6.56. The molecule has 0 radical (unpaired) electrons. The lowest BCUT2D eigenvalue weighted by Crippen LogP contribution is -2.43. The largest absolute Gasteiger partial charge is 0.492 e. The van der Waals surface area contributed by atoms with Crippen LogP contribution in [0.5, 0.6) is 11.5 Å². The van der Waals surface area contributed by atoms with E-state index in [1.807, 2.05) is 18.2 Å². The molecule has 0 spiro atoms. The topological polar surface area (TPSA) is 121 Å². The first-order valence-corrected chi connectivity index (χ1v) is 9.19. The third-order valence-electron chi connectivity index (χ3n) is 4.57. The van der Waals surface area contributed by atoms with Crippen molar-refractivity contribution in [1.29, 1.82) is 0 Å². The molecule has 0 bridgehead atoms. The maximum absolute atomic E-state index is 13.2. The van der Waals surface area contributed by atoms with Crippen molar-refractivity contribution >= 4 is 23.2 Å². The molecule has 0 saturated heterocycles. The highest BCUT2D eigenvalue weighted by atomic mass is 16.6.